The van der Waals surface area contributed by atoms with Crippen LogP contribution in [0.3, 0.4) is 0 Å². The van der Waals surface area contributed by atoms with E-state index in [1.165, 1.54) is 0 Å². The largest absolute Gasteiger partial charge is 0.507 e. The van der Waals surface area contributed by atoms with Gasteiger partial charge in [-0.25, -0.2) is 17.9 Å². The number of hydrogen-bond donors (Lipinski definition) is 3. The van der Waals surface area contributed by atoms with Crippen LogP contribution in [0.15, 0.2) is 23.1 Å². The van der Waals surface area contributed by atoms with Crippen molar-refractivity contribution in [1.29, 1.82) is 0 Å². The van der Waals surface area contributed by atoms with Crippen molar-refractivity contribution in [2.75, 3.05) is 13.2 Å². The molecule has 0 aliphatic heterocycles. The smallest absolute Gasteiger partial charge is 0.339 e. The first-order valence-electron chi connectivity index (χ1n) is 5.99. The second kappa shape index (κ2) is 7.04. The minimum Gasteiger partial charge on any atom is -0.507 e. The maximum Gasteiger partial charge on any atom is 0.339 e. The number of sulfonamides is 1. The second-order valence-corrected chi connectivity index (χ2v) is 5.70. The molecule has 1 aromatic carbocycles. The Balaban J connectivity index is 2.81. The van der Waals surface area contributed by atoms with Gasteiger partial charge in [0.25, 0.3) is 0 Å². The molecule has 0 aliphatic rings. The van der Waals surface area contributed by atoms with Crippen molar-refractivity contribution in [1.82, 2.24) is 4.72 Å². The number of carbonyl (C=O) groups excluding carboxylic acids is 1. The lowest BCUT2D eigenvalue weighted by molar-refractivity contribution is -0.142. The van der Waals surface area contributed by atoms with Crippen LogP contribution in [-0.4, -0.2) is 43.7 Å². The molecule has 0 saturated carbocycles. The quantitative estimate of drug-likeness (QED) is 0.617. The number of rotatable bonds is 7. The fraction of sp³-hybridized carbons (Fsp3) is 0.333. The monoisotopic (exact) mass is 317 g/mol. The fourth-order valence-electron chi connectivity index (χ4n) is 1.46. The standard InChI is InChI=1S/C12H15NO7S/c1-2-20-11(15)5-6-13-21(18,19)8-3-4-10(14)9(7-8)12(16)17/h3-4,7,13-14H,2,5-6H2,1H3,(H,16,17). The first kappa shape index (κ1) is 16.9. The summed E-state index contributed by atoms with van der Waals surface area (Å²) in [4.78, 5) is 21.6. The van der Waals surface area contributed by atoms with Gasteiger partial charge in [0.05, 0.1) is 17.9 Å². The molecule has 0 aliphatic carbocycles. The van der Waals surface area contributed by atoms with Gasteiger partial charge in [0.2, 0.25) is 10.0 Å². The minimum atomic E-state index is -3.98. The summed E-state index contributed by atoms with van der Waals surface area (Å²) in [5.74, 6) is -2.53. The Morgan fingerprint density at radius 1 is 1.33 bits per heavy atom. The van der Waals surface area contributed by atoms with Crippen LogP contribution in [0.5, 0.6) is 5.75 Å². The highest BCUT2D eigenvalue weighted by Gasteiger charge is 2.18. The summed E-state index contributed by atoms with van der Waals surface area (Å²) in [7, 11) is -3.98. The third-order valence-electron chi connectivity index (χ3n) is 2.44. The van der Waals surface area contributed by atoms with Crippen LogP contribution in [-0.2, 0) is 19.6 Å². The highest BCUT2D eigenvalue weighted by atomic mass is 32.2. The minimum absolute atomic E-state index is 0.142. The molecule has 1 aromatic rings. The number of carbonyl (C=O) groups is 2. The van der Waals surface area contributed by atoms with Crippen LogP contribution >= 0.6 is 0 Å². The van der Waals surface area contributed by atoms with Crippen LogP contribution in [0.4, 0.5) is 0 Å². The van der Waals surface area contributed by atoms with Crippen LogP contribution in [0, 0.1) is 0 Å². The number of esters is 1. The van der Waals surface area contributed by atoms with Gasteiger partial charge in [-0.15, -0.1) is 0 Å². The van der Waals surface area contributed by atoms with Crippen molar-refractivity contribution in [2.45, 2.75) is 18.2 Å². The molecule has 0 saturated heterocycles. The lowest BCUT2D eigenvalue weighted by Gasteiger charge is -2.08. The summed E-state index contributed by atoms with van der Waals surface area (Å²) >= 11 is 0. The molecule has 116 valence electrons. The molecule has 0 amide bonds. The first-order valence-corrected chi connectivity index (χ1v) is 7.48. The maximum absolute atomic E-state index is 11.9. The summed E-state index contributed by atoms with van der Waals surface area (Å²) in [6.07, 6.45) is -0.142. The molecule has 21 heavy (non-hydrogen) atoms. The summed E-state index contributed by atoms with van der Waals surface area (Å²) in [5.41, 5.74) is -0.525. The number of carboxylic acid groups (broad SMARTS) is 1. The van der Waals surface area contributed by atoms with Crippen LogP contribution < -0.4 is 4.72 Å². The van der Waals surface area contributed by atoms with Crippen LogP contribution in [0.25, 0.3) is 0 Å². The van der Waals surface area contributed by atoms with E-state index in [-0.39, 0.29) is 24.5 Å². The van der Waals surface area contributed by atoms with Crippen molar-refractivity contribution in [2.24, 2.45) is 0 Å². The van der Waals surface area contributed by atoms with Gasteiger partial charge in [-0.05, 0) is 25.1 Å². The lowest BCUT2D eigenvalue weighted by atomic mass is 10.2. The second-order valence-electron chi connectivity index (χ2n) is 3.94. The molecule has 0 radical (unpaired) electrons. The van der Waals surface area contributed by atoms with Gasteiger partial charge in [0, 0.05) is 6.54 Å². The molecule has 0 aromatic heterocycles. The van der Waals surface area contributed by atoms with Crippen molar-refractivity contribution < 1.29 is 33.0 Å². The Labute approximate surface area is 121 Å². The Morgan fingerprint density at radius 3 is 2.57 bits per heavy atom. The van der Waals surface area contributed by atoms with Gasteiger partial charge in [-0.3, -0.25) is 4.79 Å². The van der Waals surface area contributed by atoms with Gasteiger partial charge in [-0.1, -0.05) is 0 Å². The zero-order chi connectivity index (χ0) is 16.0. The fourth-order valence-corrected chi connectivity index (χ4v) is 2.52. The Morgan fingerprint density at radius 2 is 2.00 bits per heavy atom. The zero-order valence-electron chi connectivity index (χ0n) is 11.2. The molecular weight excluding hydrogens is 302 g/mol. The summed E-state index contributed by atoms with van der Waals surface area (Å²) in [5, 5.41) is 18.1. The van der Waals surface area contributed by atoms with Gasteiger partial charge in [-0.2, -0.15) is 0 Å². The maximum atomic E-state index is 11.9. The average Bonchev–Trinajstić information content (AvgIpc) is 2.38. The number of nitrogens with one attached hydrogen (secondary N) is 1. The topological polar surface area (TPSA) is 130 Å². The predicted molar refractivity (Wildman–Crippen MR) is 71.5 cm³/mol. The van der Waals surface area contributed by atoms with E-state index >= 15 is 0 Å². The molecular formula is C12H15NO7S. The molecule has 0 spiro atoms. The SMILES string of the molecule is CCOC(=O)CCNS(=O)(=O)c1ccc(O)c(C(=O)O)c1. The van der Waals surface area contributed by atoms with Gasteiger partial charge in [0.15, 0.2) is 0 Å². The van der Waals surface area contributed by atoms with Crippen molar-refractivity contribution in [3.63, 3.8) is 0 Å². The number of benzene rings is 1. The van der Waals surface area contributed by atoms with E-state index in [1.807, 2.05) is 0 Å². The van der Waals surface area contributed by atoms with E-state index in [4.69, 9.17) is 5.11 Å². The lowest BCUT2D eigenvalue weighted by Crippen LogP contribution is -2.27. The number of carboxylic acids is 1. The summed E-state index contributed by atoms with van der Waals surface area (Å²) in [6, 6.07) is 2.88. The van der Waals surface area contributed by atoms with Gasteiger partial charge in [0.1, 0.15) is 11.3 Å². The zero-order valence-corrected chi connectivity index (χ0v) is 12.0. The molecule has 0 unspecified atom stereocenters. The molecule has 1 rings (SSSR count). The van der Waals surface area contributed by atoms with Crippen molar-refractivity contribution in [3.05, 3.63) is 23.8 Å². The molecule has 0 fully saturated rings. The van der Waals surface area contributed by atoms with Crippen LogP contribution in [0.1, 0.15) is 23.7 Å². The van der Waals surface area contributed by atoms with E-state index in [1.54, 1.807) is 6.92 Å². The average molecular weight is 317 g/mol. The van der Waals surface area contributed by atoms with Crippen molar-refractivity contribution in [3.8, 4) is 5.75 Å². The highest BCUT2D eigenvalue weighted by molar-refractivity contribution is 7.89. The number of hydrogen-bond acceptors (Lipinski definition) is 6. The number of phenols is 1. The van der Waals surface area contributed by atoms with Gasteiger partial charge >= 0.3 is 11.9 Å². The predicted octanol–water partition coefficient (Wildman–Crippen LogP) is 0.322. The van der Waals surface area contributed by atoms with E-state index < -0.39 is 33.3 Å². The van der Waals surface area contributed by atoms with E-state index in [2.05, 4.69) is 9.46 Å². The number of ether oxygens (including phenoxy) is 1. The normalized spacial score (nSPS) is 11.1. The molecule has 0 bridgehead atoms. The van der Waals surface area contributed by atoms with Crippen LogP contribution in [0.2, 0.25) is 0 Å². The molecule has 0 atom stereocenters. The number of aromatic carboxylic acids is 1. The Bertz CT molecular complexity index is 639. The van der Waals surface area contributed by atoms with Crippen molar-refractivity contribution >= 4 is 22.0 Å². The third kappa shape index (κ3) is 4.72. The molecule has 8 nitrogen and oxygen atoms in total. The Hall–Kier alpha value is -2.13. The van der Waals surface area contributed by atoms with E-state index in [0.717, 1.165) is 18.2 Å². The van der Waals surface area contributed by atoms with E-state index in [9.17, 15) is 23.1 Å². The molecule has 9 heteroatoms. The molecule has 0 heterocycles. The van der Waals surface area contributed by atoms with E-state index in [0.29, 0.717) is 0 Å². The molecule has 3 N–H and O–H groups in total. The highest BCUT2D eigenvalue weighted by Crippen LogP contribution is 2.21. The Kier molecular flexibility index (Phi) is 5.68. The summed E-state index contributed by atoms with van der Waals surface area (Å²) < 4.78 is 30.6. The number of aromatic hydroxyl groups is 1. The first-order chi connectivity index (χ1) is 9.77. The summed E-state index contributed by atoms with van der Waals surface area (Å²) in [6.45, 7) is 1.65. The third-order valence-corrected chi connectivity index (χ3v) is 3.89. The van der Waals surface area contributed by atoms with Gasteiger partial charge < -0.3 is 14.9 Å².